The lowest BCUT2D eigenvalue weighted by molar-refractivity contribution is 0.0947. The molecule has 0 saturated heterocycles. The molecule has 0 bridgehead atoms. The Labute approximate surface area is 176 Å². The van der Waals surface area contributed by atoms with Gasteiger partial charge in [-0.3, -0.25) is 9.59 Å². The molecular weight excluding hydrogens is 380 g/mol. The van der Waals surface area contributed by atoms with Gasteiger partial charge >= 0.3 is 0 Å². The van der Waals surface area contributed by atoms with Crippen molar-refractivity contribution < 1.29 is 18.7 Å². The van der Waals surface area contributed by atoms with Crippen molar-refractivity contribution in [3.8, 4) is 5.75 Å². The Morgan fingerprint density at radius 1 is 0.900 bits per heavy atom. The fourth-order valence-corrected chi connectivity index (χ4v) is 2.84. The number of hydrogen-bond acceptors (Lipinski definition) is 4. The van der Waals surface area contributed by atoms with Crippen LogP contribution < -0.4 is 15.4 Å². The highest BCUT2D eigenvalue weighted by atomic mass is 16.5. The number of anilines is 1. The molecule has 0 radical (unpaired) electrons. The van der Waals surface area contributed by atoms with Crippen LogP contribution in [0.4, 0.5) is 5.69 Å². The molecule has 0 spiro atoms. The Morgan fingerprint density at radius 2 is 1.60 bits per heavy atom. The fraction of sp³-hybridized carbons (Fsp3) is 0.250. The second-order valence-corrected chi connectivity index (χ2v) is 6.87. The molecule has 156 valence electrons. The minimum atomic E-state index is -0.220. The van der Waals surface area contributed by atoms with E-state index >= 15 is 0 Å². The number of nitrogens with one attached hydrogen (secondary N) is 2. The maximum absolute atomic E-state index is 12.4. The largest absolute Gasteiger partial charge is 0.494 e. The maximum atomic E-state index is 12.4. The van der Waals surface area contributed by atoms with Crippen molar-refractivity contribution in [3.05, 3.63) is 83.8 Å². The first kappa shape index (κ1) is 21.2. The molecule has 1 heterocycles. The summed E-state index contributed by atoms with van der Waals surface area (Å²) in [6.07, 6.45) is 4.88. The first-order chi connectivity index (χ1) is 14.7. The summed E-state index contributed by atoms with van der Waals surface area (Å²) in [5.41, 5.74) is 1.66. The van der Waals surface area contributed by atoms with Gasteiger partial charge in [0.2, 0.25) is 0 Å². The number of rotatable bonds is 10. The molecule has 2 N–H and O–H groups in total. The molecule has 0 atom stereocenters. The Hall–Kier alpha value is -3.54. The second kappa shape index (κ2) is 10.9. The van der Waals surface area contributed by atoms with Gasteiger partial charge in [0.1, 0.15) is 11.5 Å². The highest BCUT2D eigenvalue weighted by molar-refractivity contribution is 6.04. The molecule has 6 heteroatoms. The highest BCUT2D eigenvalue weighted by Gasteiger charge is 2.09. The van der Waals surface area contributed by atoms with E-state index in [1.54, 1.807) is 66.9 Å². The van der Waals surface area contributed by atoms with Gasteiger partial charge in [0.15, 0.2) is 0 Å². The van der Waals surface area contributed by atoms with E-state index in [2.05, 4.69) is 17.6 Å². The van der Waals surface area contributed by atoms with E-state index in [1.807, 2.05) is 0 Å². The molecular formula is C24H26N2O4. The normalized spacial score (nSPS) is 10.4. The first-order valence-electron chi connectivity index (χ1n) is 10.1. The summed E-state index contributed by atoms with van der Waals surface area (Å²) in [7, 11) is 0. The lowest BCUT2D eigenvalue weighted by Gasteiger charge is -2.09. The van der Waals surface area contributed by atoms with Gasteiger partial charge in [0.25, 0.3) is 11.8 Å². The minimum absolute atomic E-state index is 0.209. The van der Waals surface area contributed by atoms with Crippen LogP contribution in [0, 0.1) is 0 Å². The van der Waals surface area contributed by atoms with E-state index in [0.717, 1.165) is 25.0 Å². The average Bonchev–Trinajstić information content (AvgIpc) is 3.30. The second-order valence-electron chi connectivity index (χ2n) is 6.87. The van der Waals surface area contributed by atoms with E-state index < -0.39 is 0 Å². The average molecular weight is 406 g/mol. The Morgan fingerprint density at radius 3 is 2.27 bits per heavy atom. The lowest BCUT2D eigenvalue weighted by atomic mass is 10.1. The number of furan rings is 1. The van der Waals surface area contributed by atoms with Crippen LogP contribution in [0.25, 0.3) is 0 Å². The van der Waals surface area contributed by atoms with E-state index in [-0.39, 0.29) is 11.8 Å². The number of carbonyl (C=O) groups excluding carboxylic acids is 2. The van der Waals surface area contributed by atoms with Gasteiger partial charge in [-0.05, 0) is 67.1 Å². The Bertz CT molecular complexity index is 932. The first-order valence-corrected chi connectivity index (χ1v) is 10.1. The van der Waals surface area contributed by atoms with Gasteiger partial charge in [0, 0.05) is 16.8 Å². The molecule has 0 unspecified atom stereocenters. The molecule has 0 aliphatic heterocycles. The topological polar surface area (TPSA) is 80.6 Å². The van der Waals surface area contributed by atoms with Gasteiger partial charge in [-0.1, -0.05) is 19.8 Å². The number of hydrogen-bond donors (Lipinski definition) is 2. The summed E-state index contributed by atoms with van der Waals surface area (Å²) < 4.78 is 10.9. The molecule has 0 aliphatic rings. The molecule has 0 aliphatic carbocycles. The van der Waals surface area contributed by atoms with Crippen LogP contribution in [-0.4, -0.2) is 18.4 Å². The van der Waals surface area contributed by atoms with Crippen molar-refractivity contribution in [2.45, 2.75) is 32.7 Å². The summed E-state index contributed by atoms with van der Waals surface area (Å²) >= 11 is 0. The summed E-state index contributed by atoms with van der Waals surface area (Å²) in [4.78, 5) is 24.6. The van der Waals surface area contributed by atoms with Gasteiger partial charge in [0.05, 0.1) is 19.4 Å². The van der Waals surface area contributed by atoms with Gasteiger partial charge in [-0.2, -0.15) is 0 Å². The highest BCUT2D eigenvalue weighted by Crippen LogP contribution is 2.16. The van der Waals surface area contributed by atoms with Crippen molar-refractivity contribution in [1.82, 2.24) is 5.32 Å². The summed E-state index contributed by atoms with van der Waals surface area (Å²) in [5, 5.41) is 5.61. The van der Waals surface area contributed by atoms with E-state index in [1.165, 1.54) is 0 Å². The zero-order chi connectivity index (χ0) is 21.2. The van der Waals surface area contributed by atoms with Crippen LogP contribution in [0.2, 0.25) is 0 Å². The van der Waals surface area contributed by atoms with Crippen molar-refractivity contribution in [2.75, 3.05) is 11.9 Å². The predicted molar refractivity (Wildman–Crippen MR) is 116 cm³/mol. The minimum Gasteiger partial charge on any atom is -0.494 e. The van der Waals surface area contributed by atoms with Crippen LogP contribution in [-0.2, 0) is 6.54 Å². The maximum Gasteiger partial charge on any atom is 0.255 e. The molecule has 6 nitrogen and oxygen atoms in total. The quantitative estimate of drug-likeness (QED) is 0.463. The molecule has 3 aromatic rings. The molecule has 1 aromatic heterocycles. The van der Waals surface area contributed by atoms with Crippen LogP contribution in [0.1, 0.15) is 52.7 Å². The Balaban J connectivity index is 1.49. The van der Waals surface area contributed by atoms with Gasteiger partial charge in [-0.25, -0.2) is 0 Å². The molecule has 0 saturated carbocycles. The molecule has 3 rings (SSSR count). The third-order valence-corrected chi connectivity index (χ3v) is 4.54. The molecule has 2 amide bonds. The lowest BCUT2D eigenvalue weighted by Crippen LogP contribution is -2.22. The SMILES string of the molecule is CCCCCOc1ccc(C(=O)Nc2ccc(C(=O)NCc3ccco3)cc2)cc1. The van der Waals surface area contributed by atoms with Crippen LogP contribution in [0.15, 0.2) is 71.3 Å². The van der Waals surface area contributed by atoms with Crippen molar-refractivity contribution in [2.24, 2.45) is 0 Å². The zero-order valence-electron chi connectivity index (χ0n) is 17.0. The summed E-state index contributed by atoms with van der Waals surface area (Å²) in [6.45, 7) is 3.15. The number of carbonyl (C=O) groups is 2. The third kappa shape index (κ3) is 6.24. The van der Waals surface area contributed by atoms with E-state index in [9.17, 15) is 9.59 Å². The van der Waals surface area contributed by atoms with Crippen LogP contribution in [0.5, 0.6) is 5.75 Å². The summed E-state index contributed by atoms with van der Waals surface area (Å²) in [6, 6.07) is 17.4. The van der Waals surface area contributed by atoms with Gasteiger partial charge < -0.3 is 19.8 Å². The molecule has 0 fully saturated rings. The van der Waals surface area contributed by atoms with Crippen LogP contribution >= 0.6 is 0 Å². The Kier molecular flexibility index (Phi) is 7.66. The number of ether oxygens (including phenoxy) is 1. The van der Waals surface area contributed by atoms with Crippen molar-refractivity contribution in [1.29, 1.82) is 0 Å². The number of unbranched alkanes of at least 4 members (excludes halogenated alkanes) is 2. The third-order valence-electron chi connectivity index (χ3n) is 4.54. The number of amides is 2. The van der Waals surface area contributed by atoms with E-state index in [0.29, 0.717) is 35.7 Å². The van der Waals surface area contributed by atoms with Crippen molar-refractivity contribution >= 4 is 17.5 Å². The monoisotopic (exact) mass is 406 g/mol. The number of benzene rings is 2. The standard InChI is InChI=1S/C24H26N2O4/c1-2-3-4-15-29-21-13-9-19(10-14-21)24(28)26-20-11-7-18(8-12-20)23(27)25-17-22-6-5-16-30-22/h5-14,16H,2-4,15,17H2,1H3,(H,25,27)(H,26,28). The molecule has 30 heavy (non-hydrogen) atoms. The van der Waals surface area contributed by atoms with Crippen molar-refractivity contribution in [3.63, 3.8) is 0 Å². The predicted octanol–water partition coefficient (Wildman–Crippen LogP) is 5.03. The van der Waals surface area contributed by atoms with E-state index in [4.69, 9.17) is 9.15 Å². The summed E-state index contributed by atoms with van der Waals surface area (Å²) in [5.74, 6) is 1.01. The smallest absolute Gasteiger partial charge is 0.255 e. The van der Waals surface area contributed by atoms with Crippen LogP contribution in [0.3, 0.4) is 0 Å². The fourth-order valence-electron chi connectivity index (χ4n) is 2.84. The zero-order valence-corrected chi connectivity index (χ0v) is 17.0. The molecule has 2 aromatic carbocycles. The van der Waals surface area contributed by atoms with Gasteiger partial charge in [-0.15, -0.1) is 0 Å².